The second-order valence-corrected chi connectivity index (χ2v) is 2.91. The van der Waals surface area contributed by atoms with Gasteiger partial charge in [0.15, 0.2) is 0 Å². The highest BCUT2D eigenvalue weighted by Gasteiger charge is 2.10. The lowest BCUT2D eigenvalue weighted by Crippen LogP contribution is -2.18. The summed E-state index contributed by atoms with van der Waals surface area (Å²) in [5.41, 5.74) is 1.16. The van der Waals surface area contributed by atoms with Crippen molar-refractivity contribution in [2.24, 2.45) is 0 Å². The van der Waals surface area contributed by atoms with Gasteiger partial charge in [0, 0.05) is 12.6 Å². The van der Waals surface area contributed by atoms with Crippen LogP contribution in [0.25, 0.3) is 0 Å². The first kappa shape index (κ1) is 10.2. The van der Waals surface area contributed by atoms with Gasteiger partial charge in [0.2, 0.25) is 0 Å². The maximum absolute atomic E-state index is 11.2. The highest BCUT2D eigenvalue weighted by molar-refractivity contribution is 5.97. The molecule has 0 aliphatic heterocycles. The van der Waals surface area contributed by atoms with E-state index in [0.29, 0.717) is 11.1 Å². The van der Waals surface area contributed by atoms with E-state index in [1.165, 1.54) is 13.1 Å². The van der Waals surface area contributed by atoms with E-state index in [9.17, 15) is 9.59 Å². The monoisotopic (exact) mass is 193 g/mol. The summed E-state index contributed by atoms with van der Waals surface area (Å²) in [5.74, 6) is -1.30. The molecule has 4 nitrogen and oxygen atoms in total. The van der Waals surface area contributed by atoms with Gasteiger partial charge in [-0.3, -0.25) is 4.79 Å². The van der Waals surface area contributed by atoms with Crippen molar-refractivity contribution < 1.29 is 14.7 Å². The minimum Gasteiger partial charge on any atom is -0.478 e. The van der Waals surface area contributed by atoms with Crippen LogP contribution >= 0.6 is 0 Å². The number of carbonyl (C=O) groups excluding carboxylic acids is 1. The quantitative estimate of drug-likeness (QED) is 0.737. The summed E-state index contributed by atoms with van der Waals surface area (Å²) in [6, 6.07) is 4.59. The summed E-state index contributed by atoms with van der Waals surface area (Å²) >= 11 is 0. The van der Waals surface area contributed by atoms with Crippen LogP contribution in [0, 0.1) is 6.92 Å². The highest BCUT2D eigenvalue weighted by Crippen LogP contribution is 2.11. The topological polar surface area (TPSA) is 66.4 Å². The second kappa shape index (κ2) is 3.91. The molecule has 0 saturated heterocycles. The SMILES string of the molecule is CNC(=O)c1ccc(C)c(C(=O)O)c1. The van der Waals surface area contributed by atoms with E-state index in [1.54, 1.807) is 19.1 Å². The molecule has 0 aliphatic rings. The third-order valence-corrected chi connectivity index (χ3v) is 1.96. The molecule has 0 heterocycles. The van der Waals surface area contributed by atoms with Crippen LogP contribution in [0.4, 0.5) is 0 Å². The van der Waals surface area contributed by atoms with E-state index in [0.717, 1.165) is 0 Å². The van der Waals surface area contributed by atoms with Crippen LogP contribution in [-0.4, -0.2) is 24.0 Å². The number of aromatic carboxylic acids is 1. The molecule has 74 valence electrons. The lowest BCUT2D eigenvalue weighted by molar-refractivity contribution is 0.0696. The first-order valence-electron chi connectivity index (χ1n) is 4.12. The van der Waals surface area contributed by atoms with Crippen LogP contribution in [0.3, 0.4) is 0 Å². The first-order valence-corrected chi connectivity index (χ1v) is 4.12. The Labute approximate surface area is 81.6 Å². The average Bonchev–Trinajstić information content (AvgIpc) is 2.17. The Morgan fingerprint density at radius 1 is 1.36 bits per heavy atom. The van der Waals surface area contributed by atoms with Crippen LogP contribution in [0.2, 0.25) is 0 Å². The molecular formula is C10H11NO3. The number of hydrogen-bond acceptors (Lipinski definition) is 2. The molecule has 0 atom stereocenters. The van der Waals surface area contributed by atoms with Gasteiger partial charge in [-0.25, -0.2) is 4.79 Å². The van der Waals surface area contributed by atoms with Gasteiger partial charge in [-0.2, -0.15) is 0 Å². The third kappa shape index (κ3) is 1.90. The fourth-order valence-corrected chi connectivity index (χ4v) is 1.14. The van der Waals surface area contributed by atoms with Crippen LogP contribution in [-0.2, 0) is 0 Å². The average molecular weight is 193 g/mol. The molecule has 1 aromatic carbocycles. The van der Waals surface area contributed by atoms with Crippen molar-refractivity contribution in [3.05, 3.63) is 34.9 Å². The zero-order valence-electron chi connectivity index (χ0n) is 8.00. The second-order valence-electron chi connectivity index (χ2n) is 2.91. The van der Waals surface area contributed by atoms with E-state index in [2.05, 4.69) is 5.32 Å². The lowest BCUT2D eigenvalue weighted by Gasteiger charge is -2.03. The van der Waals surface area contributed by atoms with E-state index < -0.39 is 5.97 Å². The predicted molar refractivity (Wildman–Crippen MR) is 51.5 cm³/mol. The van der Waals surface area contributed by atoms with Gasteiger partial charge in [-0.05, 0) is 24.6 Å². The van der Waals surface area contributed by atoms with Crippen LogP contribution in [0.15, 0.2) is 18.2 Å². The van der Waals surface area contributed by atoms with Crippen molar-refractivity contribution in [1.82, 2.24) is 5.32 Å². The number of nitrogens with one attached hydrogen (secondary N) is 1. The largest absolute Gasteiger partial charge is 0.478 e. The summed E-state index contributed by atoms with van der Waals surface area (Å²) in [4.78, 5) is 21.9. The van der Waals surface area contributed by atoms with Gasteiger partial charge in [0.25, 0.3) is 5.91 Å². The molecule has 0 aliphatic carbocycles. The fraction of sp³-hybridized carbons (Fsp3) is 0.200. The standard InChI is InChI=1S/C10H11NO3/c1-6-3-4-7(9(12)11-2)5-8(6)10(13)14/h3-5H,1-2H3,(H,11,12)(H,13,14). The summed E-state index contributed by atoms with van der Waals surface area (Å²) < 4.78 is 0. The number of carbonyl (C=O) groups is 2. The van der Waals surface area contributed by atoms with Gasteiger partial charge in [-0.15, -0.1) is 0 Å². The summed E-state index contributed by atoms with van der Waals surface area (Å²) in [7, 11) is 1.50. The third-order valence-electron chi connectivity index (χ3n) is 1.96. The maximum Gasteiger partial charge on any atom is 0.335 e. The molecule has 1 amide bonds. The lowest BCUT2D eigenvalue weighted by atomic mass is 10.0. The van der Waals surface area contributed by atoms with Crippen LogP contribution in [0.5, 0.6) is 0 Å². The predicted octanol–water partition coefficient (Wildman–Crippen LogP) is 1.05. The first-order chi connectivity index (χ1) is 6.56. The number of carboxylic acid groups (broad SMARTS) is 1. The molecule has 0 unspecified atom stereocenters. The Bertz CT molecular complexity index is 385. The Hall–Kier alpha value is -1.84. The number of aryl methyl sites for hydroxylation is 1. The molecule has 0 radical (unpaired) electrons. The number of rotatable bonds is 2. The fourth-order valence-electron chi connectivity index (χ4n) is 1.14. The van der Waals surface area contributed by atoms with Crippen molar-refractivity contribution >= 4 is 11.9 Å². The molecule has 1 aromatic rings. The van der Waals surface area contributed by atoms with Crippen molar-refractivity contribution in [3.63, 3.8) is 0 Å². The molecule has 0 saturated carbocycles. The molecule has 2 N–H and O–H groups in total. The smallest absolute Gasteiger partial charge is 0.335 e. The number of hydrogen-bond donors (Lipinski definition) is 2. The Morgan fingerprint density at radius 3 is 2.50 bits per heavy atom. The van der Waals surface area contributed by atoms with Gasteiger partial charge in [0.05, 0.1) is 5.56 Å². The normalized spacial score (nSPS) is 9.57. The van der Waals surface area contributed by atoms with Gasteiger partial charge in [0.1, 0.15) is 0 Å². The summed E-state index contributed by atoms with van der Waals surface area (Å²) in [6.07, 6.45) is 0. The Kier molecular flexibility index (Phi) is 2.86. The van der Waals surface area contributed by atoms with Crippen molar-refractivity contribution in [1.29, 1.82) is 0 Å². The van der Waals surface area contributed by atoms with Crippen molar-refractivity contribution in [3.8, 4) is 0 Å². The minimum absolute atomic E-state index is 0.158. The minimum atomic E-state index is -1.02. The Balaban J connectivity index is 3.19. The number of benzene rings is 1. The molecule has 0 bridgehead atoms. The van der Waals surface area contributed by atoms with E-state index in [1.807, 2.05) is 0 Å². The molecular weight excluding hydrogens is 182 g/mol. The number of amides is 1. The van der Waals surface area contributed by atoms with Crippen molar-refractivity contribution in [2.75, 3.05) is 7.05 Å². The summed E-state index contributed by atoms with van der Waals surface area (Å²) in [6.45, 7) is 1.69. The van der Waals surface area contributed by atoms with E-state index >= 15 is 0 Å². The molecule has 4 heteroatoms. The van der Waals surface area contributed by atoms with Crippen LogP contribution < -0.4 is 5.32 Å². The molecule has 0 fully saturated rings. The molecule has 0 spiro atoms. The van der Waals surface area contributed by atoms with E-state index in [-0.39, 0.29) is 11.5 Å². The molecule has 0 aromatic heterocycles. The maximum atomic E-state index is 11.2. The zero-order valence-corrected chi connectivity index (χ0v) is 8.00. The highest BCUT2D eigenvalue weighted by atomic mass is 16.4. The van der Waals surface area contributed by atoms with Gasteiger partial charge < -0.3 is 10.4 Å². The number of carboxylic acids is 1. The zero-order chi connectivity index (χ0) is 10.7. The molecule has 14 heavy (non-hydrogen) atoms. The summed E-state index contributed by atoms with van der Waals surface area (Å²) in [5, 5.41) is 11.2. The Morgan fingerprint density at radius 2 is 2.00 bits per heavy atom. The van der Waals surface area contributed by atoms with Crippen LogP contribution in [0.1, 0.15) is 26.3 Å². The molecule has 1 rings (SSSR count). The van der Waals surface area contributed by atoms with Gasteiger partial charge >= 0.3 is 5.97 Å². The van der Waals surface area contributed by atoms with Gasteiger partial charge in [-0.1, -0.05) is 6.07 Å². The van der Waals surface area contributed by atoms with E-state index in [4.69, 9.17) is 5.11 Å². The van der Waals surface area contributed by atoms with Crippen molar-refractivity contribution in [2.45, 2.75) is 6.92 Å².